The molecule has 0 radical (unpaired) electrons. The molecule has 0 aliphatic carbocycles. The molecule has 3 rings (SSSR count). The summed E-state index contributed by atoms with van der Waals surface area (Å²) in [7, 11) is 0. The summed E-state index contributed by atoms with van der Waals surface area (Å²) >= 11 is 5.54. The first-order valence-electron chi connectivity index (χ1n) is 6.90. The van der Waals surface area contributed by atoms with Crippen LogP contribution in [0.2, 0.25) is 0 Å². The van der Waals surface area contributed by atoms with E-state index in [0.717, 1.165) is 18.0 Å². The van der Waals surface area contributed by atoms with Crippen LogP contribution in [0.25, 0.3) is 0 Å². The second-order valence-electron chi connectivity index (χ2n) is 5.02. The van der Waals surface area contributed by atoms with Crippen LogP contribution in [0.4, 0.5) is 0 Å². The average Bonchev–Trinajstić information content (AvgIpc) is 2.51. The molecule has 0 N–H and O–H groups in total. The van der Waals surface area contributed by atoms with Crippen LogP contribution in [0, 0.1) is 0 Å². The highest BCUT2D eigenvalue weighted by Gasteiger charge is 2.23. The van der Waals surface area contributed by atoms with Gasteiger partial charge in [-0.1, -0.05) is 79.0 Å². The van der Waals surface area contributed by atoms with Crippen molar-refractivity contribution in [3.8, 4) is 0 Å². The number of hydrogen-bond acceptors (Lipinski definition) is 1. The number of rotatable bonds is 3. The summed E-state index contributed by atoms with van der Waals surface area (Å²) in [5.74, 6) is 0. The van der Waals surface area contributed by atoms with Gasteiger partial charge in [-0.05, 0) is 23.6 Å². The minimum absolute atomic E-state index is 0.342. The van der Waals surface area contributed by atoms with Crippen LogP contribution >= 0.6 is 12.2 Å². The smallest absolute Gasteiger partial charge is 0.102 e. The largest absolute Gasteiger partial charge is 0.351 e. The van der Waals surface area contributed by atoms with Gasteiger partial charge in [0.1, 0.15) is 4.99 Å². The Morgan fingerprint density at radius 1 is 0.950 bits per heavy atom. The molecule has 0 bridgehead atoms. The van der Waals surface area contributed by atoms with Crippen molar-refractivity contribution in [2.75, 3.05) is 0 Å². The average molecular weight is 279 g/mol. The van der Waals surface area contributed by atoms with Gasteiger partial charge in [-0.2, -0.15) is 0 Å². The van der Waals surface area contributed by atoms with E-state index in [4.69, 9.17) is 12.2 Å². The van der Waals surface area contributed by atoms with Crippen LogP contribution in [-0.2, 0) is 6.54 Å². The maximum atomic E-state index is 5.54. The van der Waals surface area contributed by atoms with E-state index in [0.29, 0.717) is 6.04 Å². The second kappa shape index (κ2) is 6.02. The fraction of sp³-hybridized carbons (Fsp3) is 0.167. The van der Waals surface area contributed by atoms with E-state index in [2.05, 4.69) is 71.6 Å². The lowest BCUT2D eigenvalue weighted by Gasteiger charge is -2.35. The maximum Gasteiger partial charge on any atom is 0.102 e. The van der Waals surface area contributed by atoms with Gasteiger partial charge in [-0.25, -0.2) is 0 Å². The van der Waals surface area contributed by atoms with Crippen molar-refractivity contribution >= 4 is 17.2 Å². The van der Waals surface area contributed by atoms with Crippen molar-refractivity contribution < 1.29 is 0 Å². The molecule has 2 aromatic rings. The third-order valence-electron chi connectivity index (χ3n) is 3.66. The lowest BCUT2D eigenvalue weighted by molar-refractivity contribution is 0.311. The molecular weight excluding hydrogens is 262 g/mol. The molecule has 20 heavy (non-hydrogen) atoms. The highest BCUT2D eigenvalue weighted by Crippen LogP contribution is 2.30. The summed E-state index contributed by atoms with van der Waals surface area (Å²) in [5, 5.41) is 0. The highest BCUT2D eigenvalue weighted by atomic mass is 32.1. The Labute approximate surface area is 125 Å². The molecule has 2 heteroatoms. The van der Waals surface area contributed by atoms with Gasteiger partial charge < -0.3 is 4.90 Å². The van der Waals surface area contributed by atoms with Crippen molar-refractivity contribution in [1.82, 2.24) is 4.90 Å². The van der Waals surface area contributed by atoms with Crippen LogP contribution in [0.5, 0.6) is 0 Å². The zero-order valence-corrected chi connectivity index (χ0v) is 12.1. The Balaban J connectivity index is 1.88. The van der Waals surface area contributed by atoms with Gasteiger partial charge in [-0.15, -0.1) is 0 Å². The van der Waals surface area contributed by atoms with Gasteiger partial charge in [0.25, 0.3) is 0 Å². The summed E-state index contributed by atoms with van der Waals surface area (Å²) in [6.45, 7) is 0.865. The Hall–Kier alpha value is -1.93. The summed E-state index contributed by atoms with van der Waals surface area (Å²) in [6.07, 6.45) is 5.25. The van der Waals surface area contributed by atoms with Crippen molar-refractivity contribution in [3.63, 3.8) is 0 Å². The maximum absolute atomic E-state index is 5.54. The first kappa shape index (κ1) is 13.1. The number of thiocarbonyl (C=S) groups is 1. The fourth-order valence-corrected chi connectivity index (χ4v) is 2.92. The summed E-state index contributed by atoms with van der Waals surface area (Å²) in [4.78, 5) is 3.24. The monoisotopic (exact) mass is 279 g/mol. The van der Waals surface area contributed by atoms with Crippen LogP contribution in [0.3, 0.4) is 0 Å². The van der Waals surface area contributed by atoms with Crippen molar-refractivity contribution in [2.45, 2.75) is 19.0 Å². The molecule has 100 valence electrons. The molecule has 0 aromatic heterocycles. The highest BCUT2D eigenvalue weighted by molar-refractivity contribution is 7.80. The van der Waals surface area contributed by atoms with E-state index in [1.165, 1.54) is 11.1 Å². The van der Waals surface area contributed by atoms with Crippen LogP contribution in [0.15, 0.2) is 72.8 Å². The van der Waals surface area contributed by atoms with E-state index in [1.54, 1.807) is 0 Å². The molecule has 1 aliphatic heterocycles. The lowest BCUT2D eigenvalue weighted by atomic mass is 9.98. The van der Waals surface area contributed by atoms with Gasteiger partial charge in [0, 0.05) is 6.54 Å². The molecule has 1 heterocycles. The molecule has 0 saturated carbocycles. The summed E-state index contributed by atoms with van der Waals surface area (Å²) < 4.78 is 0. The van der Waals surface area contributed by atoms with Crippen LogP contribution in [0.1, 0.15) is 23.6 Å². The Kier molecular flexibility index (Phi) is 3.93. The minimum atomic E-state index is 0.342. The third kappa shape index (κ3) is 2.81. The van der Waals surface area contributed by atoms with Gasteiger partial charge in [-0.3, -0.25) is 0 Å². The van der Waals surface area contributed by atoms with E-state index < -0.39 is 0 Å². The molecule has 1 nitrogen and oxygen atoms in total. The van der Waals surface area contributed by atoms with Crippen LogP contribution in [-0.4, -0.2) is 9.89 Å². The zero-order valence-electron chi connectivity index (χ0n) is 11.3. The molecule has 1 unspecified atom stereocenters. The second-order valence-corrected chi connectivity index (χ2v) is 5.43. The van der Waals surface area contributed by atoms with E-state index in [-0.39, 0.29) is 0 Å². The first-order chi connectivity index (χ1) is 9.84. The Bertz CT molecular complexity index is 604. The quantitative estimate of drug-likeness (QED) is 0.760. The van der Waals surface area contributed by atoms with E-state index in [1.807, 2.05) is 6.07 Å². The number of benzene rings is 2. The SMILES string of the molecule is S=C1C=CCC(c2ccccc2)N1Cc1ccccc1. The molecule has 1 aliphatic rings. The topological polar surface area (TPSA) is 3.24 Å². The summed E-state index contributed by atoms with van der Waals surface area (Å²) in [5.41, 5.74) is 2.63. The molecule has 1 atom stereocenters. The van der Waals surface area contributed by atoms with Gasteiger partial charge in [0.05, 0.1) is 6.04 Å². The molecule has 0 fully saturated rings. The summed E-state index contributed by atoms with van der Waals surface area (Å²) in [6, 6.07) is 21.5. The minimum Gasteiger partial charge on any atom is -0.351 e. The Morgan fingerprint density at radius 3 is 2.30 bits per heavy atom. The third-order valence-corrected chi connectivity index (χ3v) is 4.03. The normalized spacial score (nSPS) is 18.3. The van der Waals surface area contributed by atoms with E-state index >= 15 is 0 Å². The zero-order chi connectivity index (χ0) is 13.8. The predicted octanol–water partition coefficient (Wildman–Crippen LogP) is 4.52. The number of hydrogen-bond donors (Lipinski definition) is 0. The van der Waals surface area contributed by atoms with Crippen LogP contribution < -0.4 is 0 Å². The molecule has 2 aromatic carbocycles. The van der Waals surface area contributed by atoms with Crippen molar-refractivity contribution in [3.05, 3.63) is 83.9 Å². The van der Waals surface area contributed by atoms with Gasteiger partial charge in [0.15, 0.2) is 0 Å². The Morgan fingerprint density at radius 2 is 1.60 bits per heavy atom. The number of nitrogens with zero attached hydrogens (tertiary/aromatic N) is 1. The molecular formula is C18H17NS. The van der Waals surface area contributed by atoms with E-state index in [9.17, 15) is 0 Å². The van der Waals surface area contributed by atoms with Gasteiger partial charge in [0.2, 0.25) is 0 Å². The van der Waals surface area contributed by atoms with Gasteiger partial charge >= 0.3 is 0 Å². The standard InChI is InChI=1S/C18H17NS/c20-18-13-7-12-17(16-10-5-2-6-11-16)19(18)14-15-8-3-1-4-9-15/h1-11,13,17H,12,14H2. The molecule has 0 saturated heterocycles. The predicted molar refractivity (Wildman–Crippen MR) is 87.5 cm³/mol. The van der Waals surface area contributed by atoms with Crippen molar-refractivity contribution in [2.24, 2.45) is 0 Å². The molecule has 0 amide bonds. The fourth-order valence-electron chi connectivity index (χ4n) is 2.63. The van der Waals surface area contributed by atoms with Crippen molar-refractivity contribution in [1.29, 1.82) is 0 Å². The molecule has 0 spiro atoms. The first-order valence-corrected chi connectivity index (χ1v) is 7.31. The lowest BCUT2D eigenvalue weighted by Crippen LogP contribution is -2.34.